The van der Waals surface area contributed by atoms with Crippen LogP contribution in [0.1, 0.15) is 67.7 Å². The van der Waals surface area contributed by atoms with Crippen molar-refractivity contribution in [2.45, 2.75) is 84.8 Å². The summed E-state index contributed by atoms with van der Waals surface area (Å²) in [6.45, 7) is 14.0. The standard InChI is InChI=1S/C19H39N2O5P/c1-11-12-13-19(27(23,24-9)25-10)14-21(16(22)26-18(5,6)7)15(20(19)8)17(2,3)4/h15H,11-14H2,1-10H3/t15-,19-/m1/s1. The van der Waals surface area contributed by atoms with Crippen LogP contribution in [0.4, 0.5) is 4.79 Å². The van der Waals surface area contributed by atoms with E-state index in [9.17, 15) is 9.36 Å². The highest BCUT2D eigenvalue weighted by Crippen LogP contribution is 2.65. The fraction of sp³-hybridized carbons (Fsp3) is 0.947. The Bertz CT molecular complexity index is 561. The predicted molar refractivity (Wildman–Crippen MR) is 108 cm³/mol. The van der Waals surface area contributed by atoms with Crippen molar-refractivity contribution >= 4 is 13.7 Å². The number of amides is 1. The van der Waals surface area contributed by atoms with Gasteiger partial charge >= 0.3 is 13.7 Å². The third kappa shape index (κ3) is 4.87. The van der Waals surface area contributed by atoms with Gasteiger partial charge in [-0.15, -0.1) is 0 Å². The van der Waals surface area contributed by atoms with Crippen molar-refractivity contribution in [3.63, 3.8) is 0 Å². The molecule has 8 heteroatoms. The molecule has 1 amide bonds. The van der Waals surface area contributed by atoms with Crippen molar-refractivity contribution < 1.29 is 23.1 Å². The van der Waals surface area contributed by atoms with Gasteiger partial charge in [0.1, 0.15) is 10.9 Å². The van der Waals surface area contributed by atoms with Gasteiger partial charge in [0.2, 0.25) is 0 Å². The minimum Gasteiger partial charge on any atom is -0.444 e. The Labute approximate surface area is 165 Å². The second kappa shape index (κ2) is 8.40. The van der Waals surface area contributed by atoms with Gasteiger partial charge in [0.05, 0.1) is 12.7 Å². The topological polar surface area (TPSA) is 68.3 Å². The number of carbonyl (C=O) groups is 1. The third-order valence-electron chi connectivity index (χ3n) is 5.07. The molecule has 0 aromatic rings. The van der Waals surface area contributed by atoms with Gasteiger partial charge in [-0.1, -0.05) is 40.5 Å². The number of likely N-dealkylation sites (N-methyl/N-ethyl adjacent to an activating group) is 1. The summed E-state index contributed by atoms with van der Waals surface area (Å²) >= 11 is 0. The molecule has 0 radical (unpaired) electrons. The van der Waals surface area contributed by atoms with Gasteiger partial charge in [0.15, 0.2) is 0 Å². The molecule has 0 unspecified atom stereocenters. The minimum absolute atomic E-state index is 0.235. The predicted octanol–water partition coefficient (Wildman–Crippen LogP) is 4.91. The summed E-state index contributed by atoms with van der Waals surface area (Å²) in [4.78, 5) is 16.7. The number of unbranched alkanes of at least 4 members (excludes halogenated alkanes) is 1. The number of ether oxygens (including phenoxy) is 1. The number of hydrogen-bond acceptors (Lipinski definition) is 6. The molecule has 1 heterocycles. The molecule has 1 rings (SSSR count). The molecule has 1 saturated heterocycles. The Morgan fingerprint density at radius 1 is 1.15 bits per heavy atom. The lowest BCUT2D eigenvalue weighted by Crippen LogP contribution is -2.52. The summed E-state index contributed by atoms with van der Waals surface area (Å²) < 4.78 is 30.2. The zero-order valence-electron chi connectivity index (χ0n) is 18.8. The smallest absolute Gasteiger partial charge is 0.411 e. The van der Waals surface area contributed by atoms with Gasteiger partial charge in [0.25, 0.3) is 0 Å². The van der Waals surface area contributed by atoms with Gasteiger partial charge < -0.3 is 13.8 Å². The normalized spacial score (nSPS) is 25.1. The number of carbonyl (C=O) groups excluding carboxylic acids is 1. The molecule has 1 aliphatic rings. The maximum Gasteiger partial charge on any atom is 0.411 e. The monoisotopic (exact) mass is 406 g/mol. The van der Waals surface area contributed by atoms with Crippen molar-refractivity contribution in [3.05, 3.63) is 0 Å². The van der Waals surface area contributed by atoms with E-state index in [2.05, 4.69) is 27.7 Å². The van der Waals surface area contributed by atoms with Crippen LogP contribution in [0.15, 0.2) is 0 Å². The Balaban J connectivity index is 3.50. The zero-order chi connectivity index (χ0) is 21.3. The number of hydrogen-bond donors (Lipinski definition) is 0. The second-order valence-electron chi connectivity index (χ2n) is 9.41. The van der Waals surface area contributed by atoms with Crippen LogP contribution in [-0.4, -0.2) is 60.8 Å². The first-order valence-electron chi connectivity index (χ1n) is 9.63. The van der Waals surface area contributed by atoms with Crippen LogP contribution >= 0.6 is 7.60 Å². The van der Waals surface area contributed by atoms with Crippen LogP contribution in [0.5, 0.6) is 0 Å². The molecule has 1 aliphatic heterocycles. The van der Waals surface area contributed by atoms with Crippen molar-refractivity contribution in [1.82, 2.24) is 9.80 Å². The minimum atomic E-state index is -3.50. The molecule has 160 valence electrons. The van der Waals surface area contributed by atoms with Gasteiger partial charge in [-0.05, 0) is 39.7 Å². The quantitative estimate of drug-likeness (QED) is 0.584. The summed E-state index contributed by atoms with van der Waals surface area (Å²) in [7, 11) is 1.22. The van der Waals surface area contributed by atoms with Crippen molar-refractivity contribution in [2.24, 2.45) is 5.41 Å². The summed E-state index contributed by atoms with van der Waals surface area (Å²) in [5, 5.41) is -0.915. The molecule has 7 nitrogen and oxygen atoms in total. The molecule has 0 aliphatic carbocycles. The van der Waals surface area contributed by atoms with Crippen molar-refractivity contribution in [1.29, 1.82) is 0 Å². The average molecular weight is 407 g/mol. The second-order valence-corrected chi connectivity index (χ2v) is 12.0. The van der Waals surface area contributed by atoms with Crippen LogP contribution in [0, 0.1) is 5.41 Å². The summed E-state index contributed by atoms with van der Waals surface area (Å²) in [6, 6.07) is 0. The lowest BCUT2D eigenvalue weighted by Gasteiger charge is -2.43. The molecule has 27 heavy (non-hydrogen) atoms. The molecule has 1 fully saturated rings. The fourth-order valence-corrected chi connectivity index (χ4v) is 6.07. The Hall–Kier alpha value is -0.620. The Morgan fingerprint density at radius 2 is 1.67 bits per heavy atom. The number of nitrogens with zero attached hydrogens (tertiary/aromatic N) is 2. The molecular formula is C19H39N2O5P. The van der Waals surface area contributed by atoms with E-state index in [1.807, 2.05) is 32.7 Å². The molecule has 0 bridgehead atoms. The summed E-state index contributed by atoms with van der Waals surface area (Å²) in [6.07, 6.45) is 1.68. The van der Waals surface area contributed by atoms with Crippen molar-refractivity contribution in [3.8, 4) is 0 Å². The van der Waals surface area contributed by atoms with Crippen LogP contribution < -0.4 is 0 Å². The zero-order valence-corrected chi connectivity index (χ0v) is 19.7. The van der Waals surface area contributed by atoms with Gasteiger partial charge in [-0.3, -0.25) is 14.4 Å². The van der Waals surface area contributed by atoms with Crippen LogP contribution in [0.2, 0.25) is 0 Å². The fourth-order valence-electron chi connectivity index (χ4n) is 3.99. The van der Waals surface area contributed by atoms with E-state index in [1.54, 1.807) is 4.90 Å². The van der Waals surface area contributed by atoms with Crippen LogP contribution in [0.3, 0.4) is 0 Å². The average Bonchev–Trinajstić information content (AvgIpc) is 2.85. The van der Waals surface area contributed by atoms with Gasteiger partial charge in [-0.2, -0.15) is 0 Å². The van der Waals surface area contributed by atoms with Gasteiger partial charge in [0, 0.05) is 14.2 Å². The van der Waals surface area contributed by atoms with Crippen LogP contribution in [0.25, 0.3) is 0 Å². The first-order chi connectivity index (χ1) is 12.2. The van der Waals surface area contributed by atoms with E-state index < -0.39 is 24.6 Å². The summed E-state index contributed by atoms with van der Waals surface area (Å²) in [5.41, 5.74) is -0.898. The van der Waals surface area contributed by atoms with E-state index in [4.69, 9.17) is 13.8 Å². The molecule has 0 spiro atoms. The van der Waals surface area contributed by atoms with E-state index in [-0.39, 0.29) is 18.1 Å². The Kier molecular flexibility index (Phi) is 7.60. The maximum atomic E-state index is 13.7. The molecular weight excluding hydrogens is 367 g/mol. The largest absolute Gasteiger partial charge is 0.444 e. The van der Waals surface area contributed by atoms with E-state index in [1.165, 1.54) is 14.2 Å². The van der Waals surface area contributed by atoms with Crippen LogP contribution in [-0.2, 0) is 18.3 Å². The molecule has 2 atom stereocenters. The van der Waals surface area contributed by atoms with E-state index in [0.717, 1.165) is 12.8 Å². The summed E-state index contributed by atoms with van der Waals surface area (Å²) in [5.74, 6) is 0. The van der Waals surface area contributed by atoms with E-state index >= 15 is 0 Å². The molecule has 0 saturated carbocycles. The lowest BCUT2D eigenvalue weighted by molar-refractivity contribution is -0.00894. The highest BCUT2D eigenvalue weighted by molar-refractivity contribution is 7.55. The third-order valence-corrected chi connectivity index (χ3v) is 7.73. The highest BCUT2D eigenvalue weighted by atomic mass is 31.2. The lowest BCUT2D eigenvalue weighted by atomic mass is 9.91. The molecule has 0 aromatic carbocycles. The first-order valence-corrected chi connectivity index (χ1v) is 11.2. The SMILES string of the molecule is CCCC[C@@]1(P(=O)(OC)OC)CN(C(=O)OC(C)(C)C)[C@H](C(C)(C)C)N1C. The first kappa shape index (κ1) is 24.4. The highest BCUT2D eigenvalue weighted by Gasteiger charge is 2.63. The maximum absolute atomic E-state index is 13.7. The molecule has 0 N–H and O–H groups in total. The van der Waals surface area contributed by atoms with Gasteiger partial charge in [-0.25, -0.2) is 4.79 Å². The number of rotatable bonds is 6. The Morgan fingerprint density at radius 3 is 2.04 bits per heavy atom. The molecule has 0 aromatic heterocycles. The van der Waals surface area contributed by atoms with Crippen molar-refractivity contribution in [2.75, 3.05) is 27.8 Å². The van der Waals surface area contributed by atoms with E-state index in [0.29, 0.717) is 6.42 Å².